The van der Waals surface area contributed by atoms with Gasteiger partial charge in [-0.3, -0.25) is 4.90 Å². The summed E-state index contributed by atoms with van der Waals surface area (Å²) in [6.07, 6.45) is 0. The normalized spacial score (nSPS) is 25.8. The molecular weight excluding hydrogens is 212 g/mol. The van der Waals surface area contributed by atoms with E-state index in [9.17, 15) is 0 Å². The standard InChI is InChI=1S/C14H22N2O/c1-11-9-16(12(2)8-15-11)10-13-6-4-5-7-14(13)17-3/h4-7,11-12,15H,8-10H2,1-3H3. The number of benzene rings is 1. The minimum Gasteiger partial charge on any atom is -0.496 e. The van der Waals surface area contributed by atoms with Crippen molar-refractivity contribution in [3.8, 4) is 5.75 Å². The van der Waals surface area contributed by atoms with Crippen LogP contribution in [0, 0.1) is 0 Å². The molecule has 0 bridgehead atoms. The molecule has 1 heterocycles. The second-order valence-corrected chi connectivity index (χ2v) is 4.90. The van der Waals surface area contributed by atoms with Crippen molar-refractivity contribution in [3.63, 3.8) is 0 Å². The van der Waals surface area contributed by atoms with E-state index in [2.05, 4.69) is 36.2 Å². The fourth-order valence-corrected chi connectivity index (χ4v) is 2.37. The van der Waals surface area contributed by atoms with Crippen LogP contribution in [-0.2, 0) is 6.54 Å². The summed E-state index contributed by atoms with van der Waals surface area (Å²) in [7, 11) is 1.74. The molecule has 1 N–H and O–H groups in total. The summed E-state index contributed by atoms with van der Waals surface area (Å²) in [5.74, 6) is 0.992. The number of methoxy groups -OCH3 is 1. The molecule has 2 rings (SSSR count). The SMILES string of the molecule is COc1ccccc1CN1CC(C)NCC1C. The molecular formula is C14H22N2O. The third kappa shape index (κ3) is 2.99. The molecule has 2 atom stereocenters. The van der Waals surface area contributed by atoms with E-state index in [1.807, 2.05) is 12.1 Å². The van der Waals surface area contributed by atoms with Gasteiger partial charge < -0.3 is 10.1 Å². The summed E-state index contributed by atoms with van der Waals surface area (Å²) in [4.78, 5) is 2.51. The second-order valence-electron chi connectivity index (χ2n) is 4.90. The first-order valence-corrected chi connectivity index (χ1v) is 6.30. The molecule has 3 nitrogen and oxygen atoms in total. The molecule has 2 unspecified atom stereocenters. The zero-order chi connectivity index (χ0) is 12.3. The highest BCUT2D eigenvalue weighted by molar-refractivity contribution is 5.33. The fourth-order valence-electron chi connectivity index (χ4n) is 2.37. The first-order valence-electron chi connectivity index (χ1n) is 6.30. The van der Waals surface area contributed by atoms with Crippen LogP contribution in [0.5, 0.6) is 5.75 Å². The average molecular weight is 234 g/mol. The molecule has 3 heteroatoms. The highest BCUT2D eigenvalue weighted by Gasteiger charge is 2.22. The lowest BCUT2D eigenvalue weighted by molar-refractivity contribution is 0.137. The maximum Gasteiger partial charge on any atom is 0.123 e. The molecule has 0 radical (unpaired) electrons. The molecule has 0 spiro atoms. The average Bonchev–Trinajstić information content (AvgIpc) is 2.34. The smallest absolute Gasteiger partial charge is 0.123 e. The van der Waals surface area contributed by atoms with Crippen molar-refractivity contribution in [1.82, 2.24) is 10.2 Å². The van der Waals surface area contributed by atoms with Crippen molar-refractivity contribution in [1.29, 1.82) is 0 Å². The molecule has 1 aromatic carbocycles. The minimum absolute atomic E-state index is 0.570. The molecule has 17 heavy (non-hydrogen) atoms. The number of para-hydroxylation sites is 1. The largest absolute Gasteiger partial charge is 0.496 e. The Balaban J connectivity index is 2.08. The van der Waals surface area contributed by atoms with E-state index in [4.69, 9.17) is 4.74 Å². The number of hydrogen-bond donors (Lipinski definition) is 1. The number of ether oxygens (including phenoxy) is 1. The second kappa shape index (κ2) is 5.52. The third-order valence-corrected chi connectivity index (χ3v) is 3.46. The van der Waals surface area contributed by atoms with Crippen molar-refractivity contribution >= 4 is 0 Å². The van der Waals surface area contributed by atoms with Gasteiger partial charge in [0.25, 0.3) is 0 Å². The Morgan fingerprint density at radius 3 is 2.88 bits per heavy atom. The van der Waals surface area contributed by atoms with E-state index < -0.39 is 0 Å². The maximum atomic E-state index is 5.41. The molecule has 0 aliphatic carbocycles. The van der Waals surface area contributed by atoms with Crippen LogP contribution in [0.2, 0.25) is 0 Å². The van der Waals surface area contributed by atoms with Crippen LogP contribution in [0.25, 0.3) is 0 Å². The number of rotatable bonds is 3. The Kier molecular flexibility index (Phi) is 4.02. The Labute approximate surface area is 104 Å². The zero-order valence-corrected chi connectivity index (χ0v) is 10.9. The number of nitrogens with one attached hydrogen (secondary N) is 1. The predicted octanol–water partition coefficient (Wildman–Crippen LogP) is 1.88. The van der Waals surface area contributed by atoms with E-state index in [-0.39, 0.29) is 0 Å². The number of hydrogen-bond acceptors (Lipinski definition) is 3. The summed E-state index contributed by atoms with van der Waals surface area (Å²) >= 11 is 0. The van der Waals surface area contributed by atoms with Gasteiger partial charge in [-0.15, -0.1) is 0 Å². The van der Waals surface area contributed by atoms with Crippen molar-refractivity contribution in [2.24, 2.45) is 0 Å². The molecule has 94 valence electrons. The molecule has 1 fully saturated rings. The lowest BCUT2D eigenvalue weighted by atomic mass is 10.1. The quantitative estimate of drug-likeness (QED) is 0.864. The van der Waals surface area contributed by atoms with Crippen LogP contribution in [0.3, 0.4) is 0 Å². The van der Waals surface area contributed by atoms with Gasteiger partial charge in [-0.05, 0) is 19.9 Å². The van der Waals surface area contributed by atoms with Gasteiger partial charge in [-0.25, -0.2) is 0 Å². The first-order chi connectivity index (χ1) is 8.20. The lowest BCUT2D eigenvalue weighted by Crippen LogP contribution is -2.53. The highest BCUT2D eigenvalue weighted by atomic mass is 16.5. The molecule has 1 aliphatic heterocycles. The van der Waals surface area contributed by atoms with Crippen molar-refractivity contribution in [2.75, 3.05) is 20.2 Å². The summed E-state index contributed by atoms with van der Waals surface area (Å²) in [6, 6.07) is 9.43. The highest BCUT2D eigenvalue weighted by Crippen LogP contribution is 2.21. The Morgan fingerprint density at radius 2 is 2.12 bits per heavy atom. The van der Waals surface area contributed by atoms with Gasteiger partial charge in [-0.1, -0.05) is 18.2 Å². The monoisotopic (exact) mass is 234 g/mol. The molecule has 1 aliphatic rings. The summed E-state index contributed by atoms with van der Waals surface area (Å²) in [6.45, 7) is 7.64. The van der Waals surface area contributed by atoms with Gasteiger partial charge in [0, 0.05) is 37.3 Å². The Bertz CT molecular complexity index is 367. The van der Waals surface area contributed by atoms with Gasteiger partial charge in [0.05, 0.1) is 7.11 Å². The lowest BCUT2D eigenvalue weighted by Gasteiger charge is -2.37. The third-order valence-electron chi connectivity index (χ3n) is 3.46. The zero-order valence-electron chi connectivity index (χ0n) is 10.9. The van der Waals surface area contributed by atoms with Gasteiger partial charge in [0.1, 0.15) is 5.75 Å². The Hall–Kier alpha value is -1.06. The number of piperazine rings is 1. The van der Waals surface area contributed by atoms with Gasteiger partial charge >= 0.3 is 0 Å². The topological polar surface area (TPSA) is 24.5 Å². The summed E-state index contributed by atoms with van der Waals surface area (Å²) < 4.78 is 5.41. The van der Waals surface area contributed by atoms with E-state index in [0.717, 1.165) is 25.4 Å². The molecule has 0 amide bonds. The molecule has 0 saturated carbocycles. The van der Waals surface area contributed by atoms with Gasteiger partial charge in [-0.2, -0.15) is 0 Å². The van der Waals surface area contributed by atoms with Crippen LogP contribution in [-0.4, -0.2) is 37.2 Å². The molecule has 1 saturated heterocycles. The van der Waals surface area contributed by atoms with E-state index in [1.54, 1.807) is 7.11 Å². The van der Waals surface area contributed by atoms with Crippen molar-refractivity contribution in [3.05, 3.63) is 29.8 Å². The van der Waals surface area contributed by atoms with E-state index in [0.29, 0.717) is 12.1 Å². The van der Waals surface area contributed by atoms with Crippen LogP contribution >= 0.6 is 0 Å². The van der Waals surface area contributed by atoms with Gasteiger partial charge in [0.2, 0.25) is 0 Å². The maximum absolute atomic E-state index is 5.41. The van der Waals surface area contributed by atoms with E-state index >= 15 is 0 Å². The summed E-state index contributed by atoms with van der Waals surface area (Å²) in [5, 5.41) is 3.50. The van der Waals surface area contributed by atoms with Crippen molar-refractivity contribution in [2.45, 2.75) is 32.5 Å². The van der Waals surface area contributed by atoms with Crippen LogP contribution in [0.15, 0.2) is 24.3 Å². The first kappa shape index (κ1) is 12.4. The van der Waals surface area contributed by atoms with E-state index in [1.165, 1.54) is 5.56 Å². The predicted molar refractivity (Wildman–Crippen MR) is 70.3 cm³/mol. The van der Waals surface area contributed by atoms with Gasteiger partial charge in [0.15, 0.2) is 0 Å². The Morgan fingerprint density at radius 1 is 1.35 bits per heavy atom. The van der Waals surface area contributed by atoms with Crippen LogP contribution in [0.1, 0.15) is 19.4 Å². The molecule has 1 aromatic rings. The van der Waals surface area contributed by atoms with Crippen LogP contribution in [0.4, 0.5) is 0 Å². The number of nitrogens with zero attached hydrogens (tertiary/aromatic N) is 1. The van der Waals surface area contributed by atoms with Crippen molar-refractivity contribution < 1.29 is 4.74 Å². The van der Waals surface area contributed by atoms with Crippen LogP contribution < -0.4 is 10.1 Å². The fraction of sp³-hybridized carbons (Fsp3) is 0.571. The minimum atomic E-state index is 0.570. The summed E-state index contributed by atoms with van der Waals surface area (Å²) in [5.41, 5.74) is 1.27. The molecule has 0 aromatic heterocycles.